The van der Waals surface area contributed by atoms with Crippen LogP contribution in [0.4, 0.5) is 0 Å². The molecular formula is C26H24N4O2. The topological polar surface area (TPSA) is 82.3 Å². The minimum absolute atomic E-state index is 0.393. The number of nitrogens with two attached hydrogens (primary N) is 1. The molecule has 2 aromatic carbocycles. The maximum atomic E-state index is 6.51. The molecule has 0 saturated carbocycles. The van der Waals surface area contributed by atoms with E-state index < -0.39 is 11.7 Å². The molecular weight excluding hydrogens is 400 g/mol. The highest BCUT2D eigenvalue weighted by molar-refractivity contribution is 5.67. The van der Waals surface area contributed by atoms with Crippen molar-refractivity contribution in [2.24, 2.45) is 5.73 Å². The van der Waals surface area contributed by atoms with Gasteiger partial charge < -0.3 is 15.2 Å². The summed E-state index contributed by atoms with van der Waals surface area (Å²) in [6.07, 6.45) is 4.93. The molecule has 0 fully saturated rings. The van der Waals surface area contributed by atoms with E-state index in [0.29, 0.717) is 5.75 Å². The van der Waals surface area contributed by atoms with E-state index in [1.807, 2.05) is 30.5 Å². The van der Waals surface area contributed by atoms with Crippen molar-refractivity contribution in [1.82, 2.24) is 15.3 Å². The third-order valence-electron chi connectivity index (χ3n) is 6.01. The van der Waals surface area contributed by atoms with Crippen molar-refractivity contribution in [2.75, 3.05) is 14.2 Å². The third kappa shape index (κ3) is 3.21. The number of nitrogens with zero attached hydrogens (tertiary/aromatic N) is 2. The van der Waals surface area contributed by atoms with E-state index in [1.54, 1.807) is 26.6 Å². The van der Waals surface area contributed by atoms with Gasteiger partial charge in [0.25, 0.3) is 0 Å². The second kappa shape index (κ2) is 8.07. The summed E-state index contributed by atoms with van der Waals surface area (Å²) < 4.78 is 10.7. The molecule has 3 heterocycles. The Balaban J connectivity index is 1.72. The molecule has 6 nitrogen and oxygen atoms in total. The number of aromatic nitrogens is 2. The van der Waals surface area contributed by atoms with Gasteiger partial charge in [-0.25, -0.2) is 0 Å². The summed E-state index contributed by atoms with van der Waals surface area (Å²) in [4.78, 5) is 8.90. The fraction of sp³-hybridized carbons (Fsp3) is 0.154. The SMILES string of the molecule is COc1ccc(C2(c3cccc(-c4cncc(OC)c4)c3)NC(N)c3ncccc32)cc1. The highest BCUT2D eigenvalue weighted by Crippen LogP contribution is 2.45. The molecule has 32 heavy (non-hydrogen) atoms. The van der Waals surface area contributed by atoms with E-state index in [2.05, 4.69) is 57.7 Å². The van der Waals surface area contributed by atoms with Gasteiger partial charge in [-0.3, -0.25) is 15.3 Å². The minimum Gasteiger partial charge on any atom is -0.497 e. The molecule has 0 spiro atoms. The number of pyridine rings is 2. The van der Waals surface area contributed by atoms with Gasteiger partial charge in [0.05, 0.1) is 31.6 Å². The van der Waals surface area contributed by atoms with Gasteiger partial charge in [0.1, 0.15) is 17.7 Å². The lowest BCUT2D eigenvalue weighted by Gasteiger charge is -2.33. The highest BCUT2D eigenvalue weighted by atomic mass is 16.5. The molecule has 0 amide bonds. The Labute approximate surface area is 187 Å². The number of hydrogen-bond donors (Lipinski definition) is 2. The van der Waals surface area contributed by atoms with Crippen LogP contribution < -0.4 is 20.5 Å². The first-order valence-electron chi connectivity index (χ1n) is 10.4. The predicted molar refractivity (Wildman–Crippen MR) is 123 cm³/mol. The molecule has 2 aromatic heterocycles. The summed E-state index contributed by atoms with van der Waals surface area (Å²) in [7, 11) is 3.31. The van der Waals surface area contributed by atoms with Crippen molar-refractivity contribution >= 4 is 0 Å². The number of benzene rings is 2. The van der Waals surface area contributed by atoms with Crippen molar-refractivity contribution in [3.8, 4) is 22.6 Å². The first kappa shape index (κ1) is 20.2. The van der Waals surface area contributed by atoms with Gasteiger partial charge in [-0.15, -0.1) is 0 Å². The van der Waals surface area contributed by atoms with Crippen LogP contribution in [0.5, 0.6) is 11.5 Å². The molecule has 160 valence electrons. The van der Waals surface area contributed by atoms with E-state index in [9.17, 15) is 0 Å². The average Bonchev–Trinajstić information content (AvgIpc) is 3.17. The Morgan fingerprint density at radius 3 is 2.44 bits per heavy atom. The number of rotatable bonds is 5. The maximum Gasteiger partial charge on any atom is 0.137 e. The normalized spacial score (nSPS) is 19.4. The number of ether oxygens (including phenoxy) is 2. The van der Waals surface area contributed by atoms with Gasteiger partial charge in [-0.2, -0.15) is 0 Å². The smallest absolute Gasteiger partial charge is 0.137 e. The third-order valence-corrected chi connectivity index (χ3v) is 6.01. The van der Waals surface area contributed by atoms with Crippen molar-refractivity contribution < 1.29 is 9.47 Å². The quantitative estimate of drug-likeness (QED) is 0.504. The summed E-state index contributed by atoms with van der Waals surface area (Å²) >= 11 is 0. The summed E-state index contributed by atoms with van der Waals surface area (Å²) in [6, 6.07) is 22.5. The monoisotopic (exact) mass is 424 g/mol. The van der Waals surface area contributed by atoms with E-state index >= 15 is 0 Å². The van der Waals surface area contributed by atoms with Gasteiger partial charge in [0.15, 0.2) is 0 Å². The Kier molecular flexibility index (Phi) is 5.09. The molecule has 6 heteroatoms. The summed E-state index contributed by atoms with van der Waals surface area (Å²) in [5.41, 5.74) is 11.9. The molecule has 0 aliphatic carbocycles. The average molecular weight is 425 g/mol. The molecule has 4 aromatic rings. The molecule has 3 N–H and O–H groups in total. The zero-order chi connectivity index (χ0) is 22.1. The number of fused-ring (bicyclic) bond motifs is 1. The predicted octanol–water partition coefficient (Wildman–Crippen LogP) is 4.01. The van der Waals surface area contributed by atoms with E-state index in [-0.39, 0.29) is 0 Å². The number of hydrogen-bond acceptors (Lipinski definition) is 6. The van der Waals surface area contributed by atoms with Crippen molar-refractivity contribution in [3.63, 3.8) is 0 Å². The zero-order valence-electron chi connectivity index (χ0n) is 17.9. The lowest BCUT2D eigenvalue weighted by atomic mass is 9.78. The van der Waals surface area contributed by atoms with Crippen LogP contribution in [0.1, 0.15) is 28.6 Å². The second-order valence-electron chi connectivity index (χ2n) is 7.73. The fourth-order valence-electron chi connectivity index (χ4n) is 4.47. The largest absolute Gasteiger partial charge is 0.497 e. The molecule has 1 aliphatic heterocycles. The van der Waals surface area contributed by atoms with Crippen LogP contribution in [-0.2, 0) is 5.54 Å². The molecule has 5 rings (SSSR count). The fourth-order valence-corrected chi connectivity index (χ4v) is 4.47. The van der Waals surface area contributed by atoms with Crippen LogP contribution in [-0.4, -0.2) is 24.2 Å². The van der Waals surface area contributed by atoms with E-state index in [4.69, 9.17) is 15.2 Å². The van der Waals surface area contributed by atoms with Crippen LogP contribution in [0, 0.1) is 0 Å². The van der Waals surface area contributed by atoms with Crippen LogP contribution >= 0.6 is 0 Å². The summed E-state index contributed by atoms with van der Waals surface area (Å²) in [5, 5.41) is 3.64. The summed E-state index contributed by atoms with van der Waals surface area (Å²) in [5.74, 6) is 1.52. The number of nitrogens with one attached hydrogen (secondary N) is 1. The number of methoxy groups -OCH3 is 2. The first-order chi connectivity index (χ1) is 15.7. The second-order valence-corrected chi connectivity index (χ2v) is 7.73. The molecule has 0 saturated heterocycles. The lowest BCUT2D eigenvalue weighted by Crippen LogP contribution is -2.42. The maximum absolute atomic E-state index is 6.51. The van der Waals surface area contributed by atoms with E-state index in [0.717, 1.165) is 39.3 Å². The van der Waals surface area contributed by atoms with Crippen molar-refractivity contribution in [3.05, 3.63) is 108 Å². The first-order valence-corrected chi connectivity index (χ1v) is 10.4. The Morgan fingerprint density at radius 1 is 0.844 bits per heavy atom. The minimum atomic E-state index is -0.655. The molecule has 2 atom stereocenters. The molecule has 2 unspecified atom stereocenters. The van der Waals surface area contributed by atoms with Crippen molar-refractivity contribution in [2.45, 2.75) is 11.7 Å². The van der Waals surface area contributed by atoms with Gasteiger partial charge >= 0.3 is 0 Å². The van der Waals surface area contributed by atoms with Crippen LogP contribution in [0.15, 0.2) is 85.3 Å². The summed E-state index contributed by atoms with van der Waals surface area (Å²) in [6.45, 7) is 0. The molecule has 0 bridgehead atoms. The van der Waals surface area contributed by atoms with Gasteiger partial charge in [0.2, 0.25) is 0 Å². The van der Waals surface area contributed by atoms with Crippen LogP contribution in [0.3, 0.4) is 0 Å². The Hall–Kier alpha value is -3.74. The van der Waals surface area contributed by atoms with Crippen LogP contribution in [0.2, 0.25) is 0 Å². The van der Waals surface area contributed by atoms with Gasteiger partial charge in [0, 0.05) is 23.5 Å². The Bertz CT molecular complexity index is 1260. The lowest BCUT2D eigenvalue weighted by molar-refractivity contribution is 0.413. The molecule has 1 aliphatic rings. The van der Waals surface area contributed by atoms with Gasteiger partial charge in [-0.05, 0) is 47.0 Å². The molecule has 0 radical (unpaired) electrons. The van der Waals surface area contributed by atoms with E-state index in [1.165, 1.54) is 0 Å². The standard InChI is InChI=1S/C26H24N4O2/c1-31-21-10-8-19(9-11-21)26(23-7-4-12-29-24(23)25(27)30-26)20-6-3-5-17(13-20)18-14-22(32-2)16-28-15-18/h3-16,25,30H,27H2,1-2H3. The van der Waals surface area contributed by atoms with Crippen LogP contribution in [0.25, 0.3) is 11.1 Å². The highest BCUT2D eigenvalue weighted by Gasteiger charge is 2.45. The zero-order valence-corrected chi connectivity index (χ0v) is 17.9. The van der Waals surface area contributed by atoms with Crippen molar-refractivity contribution in [1.29, 1.82) is 0 Å². The van der Waals surface area contributed by atoms with Gasteiger partial charge in [-0.1, -0.05) is 36.4 Å². The Morgan fingerprint density at radius 2 is 1.66 bits per heavy atom.